The molecular formula is C17H13ClN2O5. The number of carbonyl (C=O) groups excluding carboxylic acids is 2. The van der Waals surface area contributed by atoms with Crippen LogP contribution in [0, 0.1) is 6.92 Å². The highest BCUT2D eigenvalue weighted by molar-refractivity contribution is 6.30. The van der Waals surface area contributed by atoms with E-state index in [4.69, 9.17) is 21.1 Å². The molecule has 7 nitrogen and oxygen atoms in total. The molecule has 0 atom stereocenters. The highest BCUT2D eigenvalue weighted by Crippen LogP contribution is 2.29. The third-order valence-electron chi connectivity index (χ3n) is 3.63. The molecular weight excluding hydrogens is 348 g/mol. The molecule has 25 heavy (non-hydrogen) atoms. The average Bonchev–Trinajstić information content (AvgIpc) is 3.10. The third-order valence-corrected chi connectivity index (χ3v) is 3.87. The lowest BCUT2D eigenvalue weighted by atomic mass is 10.1. The number of amides is 3. The van der Waals surface area contributed by atoms with Gasteiger partial charge in [0.05, 0.1) is 0 Å². The summed E-state index contributed by atoms with van der Waals surface area (Å²) in [5.41, 5.74) is 1.73. The van der Waals surface area contributed by atoms with E-state index in [1.165, 1.54) is 6.08 Å². The lowest BCUT2D eigenvalue weighted by molar-refractivity contribution is -0.140. The van der Waals surface area contributed by atoms with Gasteiger partial charge in [0.2, 0.25) is 0 Å². The molecule has 1 aliphatic rings. The Morgan fingerprint density at radius 3 is 2.80 bits per heavy atom. The average molecular weight is 361 g/mol. The predicted molar refractivity (Wildman–Crippen MR) is 89.7 cm³/mol. The largest absolute Gasteiger partial charge is 0.480 e. The maximum Gasteiger partial charge on any atom is 0.329 e. The number of aryl methyl sites for hydroxylation is 1. The van der Waals surface area contributed by atoms with Crippen LogP contribution in [0.1, 0.15) is 11.3 Å². The smallest absolute Gasteiger partial charge is 0.329 e. The first-order chi connectivity index (χ1) is 11.8. The van der Waals surface area contributed by atoms with Gasteiger partial charge in [0, 0.05) is 16.7 Å². The SMILES string of the molecule is Cc1ccc(Cl)cc1-c1ccc(/C=C2/NC(=O)N(CC(=O)O)C2=O)o1. The van der Waals surface area contributed by atoms with Gasteiger partial charge in [0.15, 0.2) is 0 Å². The maximum absolute atomic E-state index is 12.1. The summed E-state index contributed by atoms with van der Waals surface area (Å²) in [6.07, 6.45) is 1.35. The van der Waals surface area contributed by atoms with Crippen LogP contribution in [-0.2, 0) is 9.59 Å². The number of benzene rings is 1. The third kappa shape index (κ3) is 3.41. The topological polar surface area (TPSA) is 99.9 Å². The van der Waals surface area contributed by atoms with E-state index in [1.807, 2.05) is 13.0 Å². The number of carboxylic acids is 1. The van der Waals surface area contributed by atoms with Crippen LogP contribution in [0.5, 0.6) is 0 Å². The van der Waals surface area contributed by atoms with Gasteiger partial charge in [-0.3, -0.25) is 9.59 Å². The van der Waals surface area contributed by atoms with E-state index < -0.39 is 24.5 Å². The van der Waals surface area contributed by atoms with Crippen molar-refractivity contribution in [2.75, 3.05) is 6.54 Å². The molecule has 0 radical (unpaired) electrons. The first-order valence-corrected chi connectivity index (χ1v) is 7.65. The number of carbonyl (C=O) groups is 3. The Bertz CT molecular complexity index is 916. The molecule has 1 saturated heterocycles. The van der Waals surface area contributed by atoms with E-state index in [1.54, 1.807) is 24.3 Å². The fourth-order valence-corrected chi connectivity index (χ4v) is 2.60. The Labute approximate surface area is 147 Å². The number of halogens is 1. The van der Waals surface area contributed by atoms with E-state index in [2.05, 4.69) is 5.32 Å². The van der Waals surface area contributed by atoms with Crippen LogP contribution < -0.4 is 5.32 Å². The summed E-state index contributed by atoms with van der Waals surface area (Å²) in [5.74, 6) is -1.09. The number of urea groups is 1. The number of imide groups is 1. The molecule has 128 valence electrons. The molecule has 1 aliphatic heterocycles. The van der Waals surface area contributed by atoms with Crippen molar-refractivity contribution in [1.82, 2.24) is 10.2 Å². The molecule has 0 bridgehead atoms. The number of hydrogen-bond donors (Lipinski definition) is 2. The minimum Gasteiger partial charge on any atom is -0.480 e. The van der Waals surface area contributed by atoms with E-state index in [0.717, 1.165) is 11.1 Å². The van der Waals surface area contributed by atoms with Crippen molar-refractivity contribution in [2.24, 2.45) is 0 Å². The molecule has 2 heterocycles. The van der Waals surface area contributed by atoms with Gasteiger partial charge in [-0.15, -0.1) is 0 Å². The van der Waals surface area contributed by atoms with Crippen molar-refractivity contribution in [3.63, 3.8) is 0 Å². The Morgan fingerprint density at radius 1 is 1.32 bits per heavy atom. The summed E-state index contributed by atoms with van der Waals surface area (Å²) in [4.78, 5) is 35.1. The Hall–Kier alpha value is -3.06. The minimum absolute atomic E-state index is 0.0463. The zero-order valence-electron chi connectivity index (χ0n) is 13.1. The van der Waals surface area contributed by atoms with Crippen LogP contribution in [-0.4, -0.2) is 34.5 Å². The Balaban J connectivity index is 1.87. The number of furan rings is 1. The van der Waals surface area contributed by atoms with Gasteiger partial charge in [0.25, 0.3) is 5.91 Å². The van der Waals surface area contributed by atoms with Crippen molar-refractivity contribution < 1.29 is 23.9 Å². The Kier molecular flexibility index (Phi) is 4.33. The monoisotopic (exact) mass is 360 g/mol. The van der Waals surface area contributed by atoms with Gasteiger partial charge in [-0.25, -0.2) is 9.69 Å². The normalized spacial score (nSPS) is 15.8. The summed E-state index contributed by atoms with van der Waals surface area (Å²) in [7, 11) is 0. The van der Waals surface area contributed by atoms with E-state index in [-0.39, 0.29) is 5.70 Å². The van der Waals surface area contributed by atoms with Crippen LogP contribution in [0.4, 0.5) is 4.79 Å². The van der Waals surface area contributed by atoms with Crippen LogP contribution >= 0.6 is 11.6 Å². The standard InChI is InChI=1S/C17H13ClN2O5/c1-9-2-3-10(18)6-12(9)14-5-4-11(25-14)7-13-16(23)20(8-15(21)22)17(24)19-13/h2-7H,8H2,1H3,(H,19,24)(H,21,22)/b13-7+. The van der Waals surface area contributed by atoms with E-state index in [0.29, 0.717) is 21.4 Å². The molecule has 3 amide bonds. The number of hydrogen-bond acceptors (Lipinski definition) is 4. The molecule has 1 aromatic heterocycles. The van der Waals surface area contributed by atoms with Crippen LogP contribution in [0.15, 0.2) is 40.4 Å². The first-order valence-electron chi connectivity index (χ1n) is 7.28. The molecule has 1 fully saturated rings. The fourth-order valence-electron chi connectivity index (χ4n) is 2.43. The molecule has 0 spiro atoms. The zero-order valence-corrected chi connectivity index (χ0v) is 13.8. The zero-order chi connectivity index (χ0) is 18.1. The minimum atomic E-state index is -1.28. The second kappa shape index (κ2) is 6.45. The van der Waals surface area contributed by atoms with Crippen LogP contribution in [0.3, 0.4) is 0 Å². The fraction of sp³-hybridized carbons (Fsp3) is 0.118. The van der Waals surface area contributed by atoms with Crippen molar-refractivity contribution in [3.05, 3.63) is 52.4 Å². The molecule has 0 saturated carbocycles. The van der Waals surface area contributed by atoms with Crippen molar-refractivity contribution in [2.45, 2.75) is 6.92 Å². The summed E-state index contributed by atoms with van der Waals surface area (Å²) in [5, 5.41) is 11.6. The molecule has 2 N–H and O–H groups in total. The van der Waals surface area contributed by atoms with Gasteiger partial charge in [-0.05, 0) is 36.8 Å². The Morgan fingerprint density at radius 2 is 2.08 bits per heavy atom. The lowest BCUT2D eigenvalue weighted by Crippen LogP contribution is -2.35. The molecule has 2 aromatic rings. The van der Waals surface area contributed by atoms with Gasteiger partial charge in [-0.2, -0.15) is 0 Å². The maximum atomic E-state index is 12.1. The predicted octanol–water partition coefficient (Wildman–Crippen LogP) is 2.89. The number of rotatable bonds is 4. The second-order valence-corrected chi connectivity index (χ2v) is 5.87. The number of nitrogens with zero attached hydrogens (tertiary/aromatic N) is 1. The quantitative estimate of drug-likeness (QED) is 0.645. The molecule has 0 unspecified atom stereocenters. The molecule has 1 aromatic carbocycles. The first kappa shape index (κ1) is 16.8. The van der Waals surface area contributed by atoms with Crippen LogP contribution in [0.25, 0.3) is 17.4 Å². The summed E-state index contributed by atoms with van der Waals surface area (Å²) in [6, 6.07) is 7.99. The lowest BCUT2D eigenvalue weighted by Gasteiger charge is -2.06. The van der Waals surface area contributed by atoms with Gasteiger partial charge < -0.3 is 14.8 Å². The van der Waals surface area contributed by atoms with Crippen molar-refractivity contribution >= 4 is 35.6 Å². The van der Waals surface area contributed by atoms with E-state index >= 15 is 0 Å². The summed E-state index contributed by atoms with van der Waals surface area (Å²) in [6.45, 7) is 1.21. The van der Waals surface area contributed by atoms with Crippen molar-refractivity contribution in [1.29, 1.82) is 0 Å². The number of carboxylic acid groups (broad SMARTS) is 1. The van der Waals surface area contributed by atoms with Gasteiger partial charge >= 0.3 is 12.0 Å². The van der Waals surface area contributed by atoms with Crippen molar-refractivity contribution in [3.8, 4) is 11.3 Å². The molecule has 0 aliphatic carbocycles. The van der Waals surface area contributed by atoms with Gasteiger partial charge in [-0.1, -0.05) is 17.7 Å². The van der Waals surface area contributed by atoms with E-state index in [9.17, 15) is 14.4 Å². The molecule has 3 rings (SSSR count). The number of aliphatic carboxylic acids is 1. The number of nitrogens with one attached hydrogen (secondary N) is 1. The highest BCUT2D eigenvalue weighted by atomic mass is 35.5. The highest BCUT2D eigenvalue weighted by Gasteiger charge is 2.35. The molecule has 8 heteroatoms. The summed E-state index contributed by atoms with van der Waals surface area (Å²) >= 11 is 6.00. The summed E-state index contributed by atoms with van der Waals surface area (Å²) < 4.78 is 5.69. The van der Waals surface area contributed by atoms with Gasteiger partial charge in [0.1, 0.15) is 23.8 Å². The van der Waals surface area contributed by atoms with Crippen LogP contribution in [0.2, 0.25) is 5.02 Å². The second-order valence-electron chi connectivity index (χ2n) is 5.43.